The van der Waals surface area contributed by atoms with Crippen LogP contribution < -0.4 is 4.90 Å². The van der Waals surface area contributed by atoms with Crippen LogP contribution in [0.5, 0.6) is 0 Å². The number of piperazine rings is 1. The van der Waals surface area contributed by atoms with Crippen molar-refractivity contribution in [3.8, 4) is 11.4 Å². The molecule has 1 N–H and O–H groups in total. The van der Waals surface area contributed by atoms with Crippen LogP contribution in [0.1, 0.15) is 12.8 Å². The number of aliphatic hydroxyl groups excluding tert-OH is 1. The number of hydrogen-bond acceptors (Lipinski definition) is 6. The first-order chi connectivity index (χ1) is 12.8. The molecule has 138 valence electrons. The van der Waals surface area contributed by atoms with Gasteiger partial charge in [-0.25, -0.2) is 9.97 Å². The van der Waals surface area contributed by atoms with Gasteiger partial charge in [0.2, 0.25) is 0 Å². The average Bonchev–Trinajstić information content (AvgIpc) is 3.24. The molecule has 0 unspecified atom stereocenters. The molecule has 2 aromatic rings. The molecule has 0 aliphatic carbocycles. The number of ether oxygens (including phenoxy) is 1. The molecular weight excluding hydrogens is 328 g/mol. The van der Waals surface area contributed by atoms with Crippen LogP contribution in [0.4, 0.5) is 5.82 Å². The van der Waals surface area contributed by atoms with Gasteiger partial charge in [-0.15, -0.1) is 0 Å². The maximum absolute atomic E-state index is 10.3. The van der Waals surface area contributed by atoms with Gasteiger partial charge in [0.05, 0.1) is 12.2 Å². The summed E-state index contributed by atoms with van der Waals surface area (Å²) in [6.07, 6.45) is 3.51. The molecule has 0 radical (unpaired) electrons. The Morgan fingerprint density at radius 1 is 1.12 bits per heavy atom. The van der Waals surface area contributed by atoms with E-state index in [1.165, 1.54) is 0 Å². The quantitative estimate of drug-likeness (QED) is 0.884. The second-order valence-corrected chi connectivity index (χ2v) is 7.01. The number of hydrogen-bond donors (Lipinski definition) is 1. The van der Waals surface area contributed by atoms with Crippen LogP contribution in [-0.4, -0.2) is 71.5 Å². The fourth-order valence-electron chi connectivity index (χ4n) is 3.70. The lowest BCUT2D eigenvalue weighted by Gasteiger charge is -2.36. The number of rotatable bonds is 5. The molecule has 3 heterocycles. The third kappa shape index (κ3) is 4.03. The first-order valence-corrected chi connectivity index (χ1v) is 9.45. The van der Waals surface area contributed by atoms with Gasteiger partial charge in [-0.3, -0.25) is 4.90 Å². The van der Waals surface area contributed by atoms with Gasteiger partial charge in [0.15, 0.2) is 5.82 Å². The highest BCUT2D eigenvalue weighted by atomic mass is 16.5. The van der Waals surface area contributed by atoms with Crippen molar-refractivity contribution in [3.05, 3.63) is 42.6 Å². The minimum atomic E-state index is -0.382. The summed E-state index contributed by atoms with van der Waals surface area (Å²) >= 11 is 0. The number of β-amino-alcohol motifs (C(OH)–C–C–N with tert-alkyl or cyclic N) is 1. The van der Waals surface area contributed by atoms with E-state index in [1.54, 1.807) is 0 Å². The van der Waals surface area contributed by atoms with Gasteiger partial charge >= 0.3 is 0 Å². The third-order valence-electron chi connectivity index (χ3n) is 5.21. The van der Waals surface area contributed by atoms with Crippen molar-refractivity contribution in [2.24, 2.45) is 0 Å². The van der Waals surface area contributed by atoms with Gasteiger partial charge in [0, 0.05) is 51.1 Å². The van der Waals surface area contributed by atoms with Gasteiger partial charge in [-0.2, -0.15) is 0 Å². The zero-order chi connectivity index (χ0) is 17.8. The standard InChI is InChI=1S/C20H26N4O2/c25-17(18-7-4-14-26-18)15-23-10-12-24(13-11-23)19-8-9-21-20(22-19)16-5-2-1-3-6-16/h1-3,5-6,8-9,17-18,25H,4,7,10-15H2/t17-,18+/m0/s1. The van der Waals surface area contributed by atoms with E-state index in [9.17, 15) is 5.11 Å². The molecule has 2 saturated heterocycles. The third-order valence-corrected chi connectivity index (χ3v) is 5.21. The number of nitrogens with zero attached hydrogens (tertiary/aromatic N) is 4. The summed E-state index contributed by atoms with van der Waals surface area (Å²) in [5, 5.41) is 10.3. The van der Waals surface area contributed by atoms with Crippen LogP contribution in [0.3, 0.4) is 0 Å². The smallest absolute Gasteiger partial charge is 0.161 e. The summed E-state index contributed by atoms with van der Waals surface area (Å²) in [5.74, 6) is 1.73. The predicted molar refractivity (Wildman–Crippen MR) is 101 cm³/mol. The first kappa shape index (κ1) is 17.4. The topological polar surface area (TPSA) is 61.7 Å². The molecule has 1 aromatic carbocycles. The maximum atomic E-state index is 10.3. The van der Waals surface area contributed by atoms with Gasteiger partial charge in [0.25, 0.3) is 0 Å². The summed E-state index contributed by atoms with van der Waals surface area (Å²) < 4.78 is 5.60. The van der Waals surface area contributed by atoms with E-state index < -0.39 is 0 Å². The van der Waals surface area contributed by atoms with Crippen LogP contribution in [0, 0.1) is 0 Å². The van der Waals surface area contributed by atoms with E-state index in [0.29, 0.717) is 6.54 Å². The minimum absolute atomic E-state index is 0.0170. The molecule has 2 aliphatic rings. The summed E-state index contributed by atoms with van der Waals surface area (Å²) in [4.78, 5) is 13.8. The minimum Gasteiger partial charge on any atom is -0.389 e. The van der Waals surface area contributed by atoms with Crippen molar-refractivity contribution >= 4 is 5.82 Å². The van der Waals surface area contributed by atoms with E-state index in [0.717, 1.165) is 62.8 Å². The van der Waals surface area contributed by atoms with Crippen LogP contribution >= 0.6 is 0 Å². The monoisotopic (exact) mass is 354 g/mol. The lowest BCUT2D eigenvalue weighted by atomic mass is 10.1. The van der Waals surface area contributed by atoms with Crippen molar-refractivity contribution in [1.29, 1.82) is 0 Å². The summed E-state index contributed by atoms with van der Waals surface area (Å²) in [6, 6.07) is 12.0. The fourth-order valence-corrected chi connectivity index (χ4v) is 3.70. The second kappa shape index (κ2) is 8.12. The Morgan fingerprint density at radius 2 is 1.92 bits per heavy atom. The second-order valence-electron chi connectivity index (χ2n) is 7.01. The Morgan fingerprint density at radius 3 is 2.65 bits per heavy atom. The Hall–Kier alpha value is -2.02. The molecule has 6 heteroatoms. The molecule has 6 nitrogen and oxygen atoms in total. The molecule has 0 bridgehead atoms. The highest BCUT2D eigenvalue weighted by Crippen LogP contribution is 2.20. The molecule has 4 rings (SSSR count). The van der Waals surface area contributed by atoms with Crippen molar-refractivity contribution in [3.63, 3.8) is 0 Å². The van der Waals surface area contributed by atoms with E-state index >= 15 is 0 Å². The van der Waals surface area contributed by atoms with Crippen LogP contribution in [0.15, 0.2) is 42.6 Å². The lowest BCUT2D eigenvalue weighted by molar-refractivity contribution is -0.0190. The Labute approximate surface area is 154 Å². The number of anilines is 1. The van der Waals surface area contributed by atoms with Gasteiger partial charge in [-0.05, 0) is 18.9 Å². The molecule has 0 amide bonds. The van der Waals surface area contributed by atoms with Crippen molar-refractivity contribution in [1.82, 2.24) is 14.9 Å². The van der Waals surface area contributed by atoms with E-state index in [2.05, 4.69) is 14.8 Å². The molecule has 1 aromatic heterocycles. The Balaban J connectivity index is 1.34. The zero-order valence-corrected chi connectivity index (χ0v) is 15.0. The largest absolute Gasteiger partial charge is 0.389 e. The fraction of sp³-hybridized carbons (Fsp3) is 0.500. The lowest BCUT2D eigenvalue weighted by Crippen LogP contribution is -2.50. The van der Waals surface area contributed by atoms with Crippen molar-refractivity contribution < 1.29 is 9.84 Å². The normalized spacial score (nSPS) is 22.5. The van der Waals surface area contributed by atoms with E-state index in [4.69, 9.17) is 9.72 Å². The molecule has 2 atom stereocenters. The van der Waals surface area contributed by atoms with E-state index in [1.807, 2.05) is 42.6 Å². The van der Waals surface area contributed by atoms with Crippen molar-refractivity contribution in [2.75, 3.05) is 44.2 Å². The first-order valence-electron chi connectivity index (χ1n) is 9.45. The Bertz CT molecular complexity index is 698. The highest BCUT2D eigenvalue weighted by molar-refractivity contribution is 5.57. The van der Waals surface area contributed by atoms with Crippen LogP contribution in [-0.2, 0) is 4.74 Å². The van der Waals surface area contributed by atoms with Gasteiger partial charge < -0.3 is 14.7 Å². The van der Waals surface area contributed by atoms with Crippen LogP contribution in [0.25, 0.3) is 11.4 Å². The van der Waals surface area contributed by atoms with E-state index in [-0.39, 0.29) is 12.2 Å². The van der Waals surface area contributed by atoms with Gasteiger partial charge in [-0.1, -0.05) is 30.3 Å². The van der Waals surface area contributed by atoms with Gasteiger partial charge in [0.1, 0.15) is 5.82 Å². The molecule has 0 spiro atoms. The predicted octanol–water partition coefficient (Wildman–Crippen LogP) is 1.81. The number of aromatic nitrogens is 2. The molecule has 0 saturated carbocycles. The average molecular weight is 354 g/mol. The molecular formula is C20H26N4O2. The summed E-state index contributed by atoms with van der Waals surface area (Å²) in [5.41, 5.74) is 1.03. The molecule has 2 aliphatic heterocycles. The van der Waals surface area contributed by atoms with Crippen LogP contribution in [0.2, 0.25) is 0 Å². The van der Waals surface area contributed by atoms with Crippen molar-refractivity contribution in [2.45, 2.75) is 25.0 Å². The highest BCUT2D eigenvalue weighted by Gasteiger charge is 2.27. The number of aliphatic hydroxyl groups is 1. The zero-order valence-electron chi connectivity index (χ0n) is 15.0. The summed E-state index contributed by atoms with van der Waals surface area (Å²) in [6.45, 7) is 5.14. The molecule has 2 fully saturated rings. The Kier molecular flexibility index (Phi) is 5.43. The number of benzene rings is 1. The maximum Gasteiger partial charge on any atom is 0.161 e. The molecule has 26 heavy (non-hydrogen) atoms. The summed E-state index contributed by atoms with van der Waals surface area (Å²) in [7, 11) is 0. The SMILES string of the molecule is O[C@@H](CN1CCN(c2ccnc(-c3ccccc3)n2)CC1)[C@H]1CCCO1.